The molecule has 3 atom stereocenters. The summed E-state index contributed by atoms with van der Waals surface area (Å²) in [4.78, 5) is 17.5. The van der Waals surface area contributed by atoms with Gasteiger partial charge in [-0.15, -0.1) is 0 Å². The lowest BCUT2D eigenvalue weighted by Gasteiger charge is -2.39. The van der Waals surface area contributed by atoms with Crippen LogP contribution in [0.5, 0.6) is 0 Å². The minimum absolute atomic E-state index is 0.0466. The quantitative estimate of drug-likeness (QED) is 0.448. The minimum Gasteiger partial charge on any atom is -0.391 e. The van der Waals surface area contributed by atoms with Crippen molar-refractivity contribution in [3.63, 3.8) is 0 Å². The van der Waals surface area contributed by atoms with Crippen molar-refractivity contribution in [3.8, 4) is 0 Å². The summed E-state index contributed by atoms with van der Waals surface area (Å²) < 4.78 is 39.1. The Labute approximate surface area is 199 Å². The molecule has 0 aromatic heterocycles. The lowest BCUT2D eigenvalue weighted by atomic mass is 9.88. The molecule has 3 aliphatic rings. The van der Waals surface area contributed by atoms with Crippen molar-refractivity contribution in [1.82, 2.24) is 20.4 Å². The molecule has 9 heteroatoms. The van der Waals surface area contributed by atoms with Crippen LogP contribution in [0.2, 0.25) is 0 Å². The topological polar surface area (TPSA) is 71.5 Å². The number of nitrogens with one attached hydrogen (secondary N) is 3. The number of alkyl halides is 3. The van der Waals surface area contributed by atoms with Crippen LogP contribution in [0.4, 0.5) is 13.2 Å². The first kappa shape index (κ1) is 24.6. The van der Waals surface area contributed by atoms with E-state index in [4.69, 9.17) is 5.41 Å². The van der Waals surface area contributed by atoms with Gasteiger partial charge in [0, 0.05) is 50.5 Å². The van der Waals surface area contributed by atoms with Gasteiger partial charge in [0.15, 0.2) is 0 Å². The first-order valence-electron chi connectivity index (χ1n) is 12.1. The maximum atomic E-state index is 13.6. The van der Waals surface area contributed by atoms with Gasteiger partial charge >= 0.3 is 6.18 Å². The molecule has 1 aromatic rings. The summed E-state index contributed by atoms with van der Waals surface area (Å²) in [6, 6.07) is 4.96. The van der Waals surface area contributed by atoms with Gasteiger partial charge in [0.05, 0.1) is 11.5 Å². The van der Waals surface area contributed by atoms with Crippen molar-refractivity contribution < 1.29 is 18.0 Å². The molecule has 0 spiro atoms. The normalized spacial score (nSPS) is 24.5. The number of hydrogen-bond donors (Lipinski definition) is 3. The highest BCUT2D eigenvalue weighted by molar-refractivity contribution is 5.97. The summed E-state index contributed by atoms with van der Waals surface area (Å²) in [7, 11) is 1.90. The van der Waals surface area contributed by atoms with Crippen LogP contribution in [0.1, 0.15) is 49.7 Å². The van der Waals surface area contributed by atoms with E-state index >= 15 is 0 Å². The van der Waals surface area contributed by atoms with Crippen LogP contribution in [0.3, 0.4) is 0 Å². The first-order valence-corrected chi connectivity index (χ1v) is 12.1. The fourth-order valence-corrected chi connectivity index (χ4v) is 5.51. The van der Waals surface area contributed by atoms with Crippen LogP contribution in [0.15, 0.2) is 35.5 Å². The maximum absolute atomic E-state index is 13.6. The van der Waals surface area contributed by atoms with Crippen LogP contribution < -0.4 is 10.6 Å². The number of allylic oxidation sites excluding steroid dienone is 1. The number of benzene rings is 1. The number of carbonyl (C=O) groups excluding carboxylic acids is 1. The average Bonchev–Trinajstić information content (AvgIpc) is 3.48. The van der Waals surface area contributed by atoms with Gasteiger partial charge in [0.25, 0.3) is 0 Å². The maximum Gasteiger partial charge on any atom is 0.416 e. The Morgan fingerprint density at radius 2 is 1.76 bits per heavy atom. The monoisotopic (exact) mass is 477 g/mol. The molecular weight excluding hydrogens is 443 g/mol. The third kappa shape index (κ3) is 4.94. The predicted molar refractivity (Wildman–Crippen MR) is 126 cm³/mol. The lowest BCUT2D eigenvalue weighted by molar-refractivity contribution is -0.137. The minimum atomic E-state index is -4.40. The molecule has 34 heavy (non-hydrogen) atoms. The molecule has 1 aliphatic carbocycles. The molecule has 2 aliphatic heterocycles. The smallest absolute Gasteiger partial charge is 0.391 e. The molecule has 1 amide bonds. The van der Waals surface area contributed by atoms with Gasteiger partial charge in [-0.25, -0.2) is 0 Å². The highest BCUT2D eigenvalue weighted by Crippen LogP contribution is 2.34. The number of rotatable bonds is 5. The van der Waals surface area contributed by atoms with E-state index in [1.807, 2.05) is 16.8 Å². The summed E-state index contributed by atoms with van der Waals surface area (Å²) in [5.74, 6) is 0.323. The zero-order chi connectivity index (χ0) is 24.5. The number of piperazine rings is 1. The molecule has 1 aromatic carbocycles. The van der Waals surface area contributed by atoms with E-state index in [0.717, 1.165) is 55.6 Å². The largest absolute Gasteiger partial charge is 0.416 e. The number of halogens is 3. The molecule has 0 bridgehead atoms. The van der Waals surface area contributed by atoms with E-state index in [2.05, 4.69) is 17.6 Å². The molecule has 0 unspecified atom stereocenters. The number of hydrogen-bond acceptors (Lipinski definition) is 4. The zero-order valence-corrected chi connectivity index (χ0v) is 19.8. The number of carbonyl (C=O) groups is 1. The Morgan fingerprint density at radius 3 is 2.32 bits per heavy atom. The zero-order valence-electron chi connectivity index (χ0n) is 19.8. The Balaban J connectivity index is 1.46. The molecule has 0 saturated carbocycles. The van der Waals surface area contributed by atoms with Gasteiger partial charge < -0.3 is 20.4 Å². The first-order chi connectivity index (χ1) is 16.2. The van der Waals surface area contributed by atoms with Crippen molar-refractivity contribution in [1.29, 1.82) is 5.41 Å². The highest BCUT2D eigenvalue weighted by Gasteiger charge is 2.38. The van der Waals surface area contributed by atoms with E-state index in [0.29, 0.717) is 43.5 Å². The molecule has 2 saturated heterocycles. The Kier molecular flexibility index (Phi) is 7.21. The van der Waals surface area contributed by atoms with Gasteiger partial charge in [-0.3, -0.25) is 10.2 Å². The number of amidine groups is 1. The fraction of sp³-hybridized carbons (Fsp3) is 0.600. The molecule has 2 fully saturated rings. The van der Waals surface area contributed by atoms with Crippen molar-refractivity contribution in [2.45, 2.75) is 50.7 Å². The van der Waals surface area contributed by atoms with Crippen LogP contribution in [-0.2, 0) is 11.0 Å². The van der Waals surface area contributed by atoms with Crippen LogP contribution in [0, 0.1) is 11.3 Å². The van der Waals surface area contributed by atoms with Crippen molar-refractivity contribution in [3.05, 3.63) is 46.7 Å². The number of amides is 1. The Hall–Kier alpha value is -2.55. The van der Waals surface area contributed by atoms with Crippen molar-refractivity contribution in [2.24, 2.45) is 5.92 Å². The Morgan fingerprint density at radius 1 is 1.12 bits per heavy atom. The molecule has 6 nitrogen and oxygen atoms in total. The second-order valence-electron chi connectivity index (χ2n) is 9.54. The third-order valence-electron chi connectivity index (χ3n) is 7.47. The second-order valence-corrected chi connectivity index (χ2v) is 9.54. The summed E-state index contributed by atoms with van der Waals surface area (Å²) in [6.45, 7) is 5.12. The van der Waals surface area contributed by atoms with Crippen molar-refractivity contribution in [2.75, 3.05) is 39.8 Å². The van der Waals surface area contributed by atoms with E-state index in [1.54, 1.807) is 0 Å². The van der Waals surface area contributed by atoms with Crippen LogP contribution >= 0.6 is 0 Å². The third-order valence-corrected chi connectivity index (χ3v) is 7.47. The van der Waals surface area contributed by atoms with Crippen molar-refractivity contribution >= 4 is 11.7 Å². The standard InChI is InChI=1S/C25H34F3N5O/c1-16-5-10-19(30-2)21(16)23(29)32-12-14-33(15-13-32)24(34)22(20-4-3-11-31-20)17-6-8-18(9-7-17)25(26,27)28/h6-9,16,20,22,29-31H,3-5,10-15H2,1-2H3/t16-,20+,22+/m1/s1. The van der Waals surface area contributed by atoms with Gasteiger partial charge in [0.1, 0.15) is 5.84 Å². The van der Waals surface area contributed by atoms with Crippen LogP contribution in [-0.4, -0.2) is 67.4 Å². The van der Waals surface area contributed by atoms with Gasteiger partial charge in [-0.1, -0.05) is 19.1 Å². The highest BCUT2D eigenvalue weighted by atomic mass is 19.4. The lowest BCUT2D eigenvalue weighted by Crippen LogP contribution is -2.53. The van der Waals surface area contributed by atoms with E-state index < -0.39 is 17.7 Å². The van der Waals surface area contributed by atoms with Crippen LogP contribution in [0.25, 0.3) is 0 Å². The number of nitrogens with zero attached hydrogens (tertiary/aromatic N) is 2. The molecule has 0 radical (unpaired) electrons. The van der Waals surface area contributed by atoms with Gasteiger partial charge in [-0.05, 0) is 55.8 Å². The second kappa shape index (κ2) is 9.98. The SMILES string of the molecule is CNC1=C(C(=N)N2CCN(C(=O)[C@@H](c3ccc(C(F)(F)F)cc3)[C@@H]3CCCN3)CC2)[C@H](C)CC1. The average molecular weight is 478 g/mol. The summed E-state index contributed by atoms with van der Waals surface area (Å²) in [5, 5.41) is 15.4. The van der Waals surface area contributed by atoms with E-state index in [-0.39, 0.29) is 11.9 Å². The predicted octanol–water partition coefficient (Wildman–Crippen LogP) is 3.57. The molecule has 186 valence electrons. The molecule has 3 N–H and O–H groups in total. The summed E-state index contributed by atoms with van der Waals surface area (Å²) in [6.07, 6.45) is -0.640. The summed E-state index contributed by atoms with van der Waals surface area (Å²) in [5.41, 5.74) is 2.12. The summed E-state index contributed by atoms with van der Waals surface area (Å²) >= 11 is 0. The van der Waals surface area contributed by atoms with Gasteiger partial charge in [0.2, 0.25) is 5.91 Å². The van der Waals surface area contributed by atoms with E-state index in [9.17, 15) is 18.0 Å². The van der Waals surface area contributed by atoms with Gasteiger partial charge in [-0.2, -0.15) is 13.2 Å². The Bertz CT molecular complexity index is 929. The fourth-order valence-electron chi connectivity index (χ4n) is 5.51. The molecular formula is C25H34F3N5O. The van der Waals surface area contributed by atoms with E-state index in [1.165, 1.54) is 12.1 Å². The molecule has 4 rings (SSSR count). The molecule has 2 heterocycles.